The molecule has 0 saturated heterocycles. The zero-order valence-electron chi connectivity index (χ0n) is 15.1. The van der Waals surface area contributed by atoms with Crippen molar-refractivity contribution in [2.24, 2.45) is 0 Å². The number of rotatable bonds is 3. The number of nitrogens with zero attached hydrogens (tertiary/aromatic N) is 1. The van der Waals surface area contributed by atoms with E-state index in [-0.39, 0.29) is 18.0 Å². The molecule has 1 aliphatic heterocycles. The summed E-state index contributed by atoms with van der Waals surface area (Å²) in [5.74, 6) is -2.02. The molecular weight excluding hydrogens is 369 g/mol. The summed E-state index contributed by atoms with van der Waals surface area (Å²) in [6.45, 7) is 6.95. The first kappa shape index (κ1) is 20.7. The van der Waals surface area contributed by atoms with Crippen LogP contribution >= 0.6 is 0 Å². The highest BCUT2D eigenvalue weighted by atomic mass is 32.2. The molecule has 1 heterocycles. The quantitative estimate of drug-likeness (QED) is 0.829. The predicted molar refractivity (Wildman–Crippen MR) is 94.3 cm³/mol. The lowest BCUT2D eigenvalue weighted by Gasteiger charge is -2.31. The topological polar surface area (TPSA) is 69.6 Å². The van der Waals surface area contributed by atoms with Gasteiger partial charge < -0.3 is 10.0 Å². The number of aromatic hydroxyl groups is 1. The SMILES string of the molecule is C[C@@H](NS(=O)C(C)(C)C)c1cc2c(cc1O)CCCN2C(=O)C(F)(F)F. The van der Waals surface area contributed by atoms with E-state index in [0.717, 1.165) is 0 Å². The van der Waals surface area contributed by atoms with Crippen molar-refractivity contribution in [1.29, 1.82) is 0 Å². The fourth-order valence-corrected chi connectivity index (χ4v) is 3.55. The van der Waals surface area contributed by atoms with Crippen LogP contribution in [0.4, 0.5) is 18.9 Å². The van der Waals surface area contributed by atoms with Crippen LogP contribution in [0.5, 0.6) is 5.75 Å². The van der Waals surface area contributed by atoms with Gasteiger partial charge in [0.15, 0.2) is 0 Å². The summed E-state index contributed by atoms with van der Waals surface area (Å²) in [6, 6.07) is 2.19. The Morgan fingerprint density at radius 2 is 1.92 bits per heavy atom. The van der Waals surface area contributed by atoms with Gasteiger partial charge in [0, 0.05) is 23.8 Å². The maximum atomic E-state index is 12.9. The third-order valence-electron chi connectivity index (χ3n) is 4.14. The normalized spacial score (nSPS) is 17.6. The molecule has 0 aromatic heterocycles. The highest BCUT2D eigenvalue weighted by Crippen LogP contribution is 2.37. The van der Waals surface area contributed by atoms with E-state index in [0.29, 0.717) is 28.9 Å². The number of amides is 1. The van der Waals surface area contributed by atoms with E-state index in [1.54, 1.807) is 27.7 Å². The van der Waals surface area contributed by atoms with Crippen molar-refractivity contribution in [3.05, 3.63) is 23.3 Å². The van der Waals surface area contributed by atoms with Crippen LogP contribution in [0.15, 0.2) is 12.1 Å². The fourth-order valence-electron chi connectivity index (χ4n) is 2.75. The van der Waals surface area contributed by atoms with Crippen molar-refractivity contribution >= 4 is 22.6 Å². The van der Waals surface area contributed by atoms with Gasteiger partial charge in [0.1, 0.15) is 5.75 Å². The van der Waals surface area contributed by atoms with E-state index >= 15 is 0 Å². The molecular formula is C17H23F3N2O3S. The van der Waals surface area contributed by atoms with Crippen LogP contribution in [-0.4, -0.2) is 32.7 Å². The highest BCUT2D eigenvalue weighted by molar-refractivity contribution is 7.84. The third-order valence-corrected chi connectivity index (χ3v) is 5.82. The molecule has 26 heavy (non-hydrogen) atoms. The maximum Gasteiger partial charge on any atom is 0.471 e. The van der Waals surface area contributed by atoms with E-state index < -0.39 is 33.9 Å². The van der Waals surface area contributed by atoms with Crippen LogP contribution in [0, 0.1) is 0 Å². The molecule has 1 unspecified atom stereocenters. The summed E-state index contributed by atoms with van der Waals surface area (Å²) in [5, 5.41) is 10.3. The second-order valence-corrected chi connectivity index (χ2v) is 9.32. The Morgan fingerprint density at radius 3 is 2.46 bits per heavy atom. The van der Waals surface area contributed by atoms with E-state index in [4.69, 9.17) is 0 Å². The highest BCUT2D eigenvalue weighted by Gasteiger charge is 2.44. The van der Waals surface area contributed by atoms with Gasteiger partial charge in [0.25, 0.3) is 0 Å². The Hall–Kier alpha value is -1.61. The van der Waals surface area contributed by atoms with Gasteiger partial charge in [-0.25, -0.2) is 8.93 Å². The first-order chi connectivity index (χ1) is 11.8. The summed E-state index contributed by atoms with van der Waals surface area (Å²) < 4.78 is 53.2. The number of halogens is 3. The fraction of sp³-hybridized carbons (Fsp3) is 0.588. The van der Waals surface area contributed by atoms with Crippen LogP contribution in [0.3, 0.4) is 0 Å². The van der Waals surface area contributed by atoms with E-state index in [2.05, 4.69) is 4.72 Å². The van der Waals surface area contributed by atoms with Gasteiger partial charge in [0.2, 0.25) is 0 Å². The smallest absolute Gasteiger partial charge is 0.471 e. The Morgan fingerprint density at radius 1 is 1.31 bits per heavy atom. The first-order valence-electron chi connectivity index (χ1n) is 8.25. The van der Waals surface area contributed by atoms with Gasteiger partial charge >= 0.3 is 12.1 Å². The Labute approximate surface area is 153 Å². The van der Waals surface area contributed by atoms with Crippen LogP contribution < -0.4 is 9.62 Å². The number of fused-ring (bicyclic) bond motifs is 1. The predicted octanol–water partition coefficient (Wildman–Crippen LogP) is 3.35. The molecule has 0 aliphatic carbocycles. The molecule has 0 bridgehead atoms. The monoisotopic (exact) mass is 392 g/mol. The van der Waals surface area contributed by atoms with Gasteiger partial charge in [0.05, 0.1) is 15.7 Å². The average Bonchev–Trinajstić information content (AvgIpc) is 2.50. The Balaban J connectivity index is 2.39. The summed E-state index contributed by atoms with van der Waals surface area (Å²) >= 11 is 0. The van der Waals surface area contributed by atoms with Gasteiger partial charge in [-0.15, -0.1) is 0 Å². The molecule has 146 valence electrons. The van der Waals surface area contributed by atoms with E-state index in [1.165, 1.54) is 12.1 Å². The average molecular weight is 392 g/mol. The number of benzene rings is 1. The van der Waals surface area contributed by atoms with E-state index in [1.807, 2.05) is 0 Å². The zero-order valence-corrected chi connectivity index (χ0v) is 15.9. The third kappa shape index (κ3) is 4.37. The molecule has 0 fully saturated rings. The van der Waals surface area contributed by atoms with Crippen molar-refractivity contribution in [3.8, 4) is 5.75 Å². The van der Waals surface area contributed by atoms with Crippen LogP contribution in [-0.2, 0) is 22.2 Å². The molecule has 2 N–H and O–H groups in total. The van der Waals surface area contributed by atoms with Crippen LogP contribution in [0.1, 0.15) is 51.3 Å². The standard InChI is InChI=1S/C17H23F3N2O3S/c1-10(21-26(25)16(2,3)4)12-9-13-11(8-14(12)23)6-5-7-22(13)15(24)17(18,19)20/h8-10,21,23H,5-7H2,1-4H3/t10-,26?/m1/s1. The van der Waals surface area contributed by atoms with Crippen LogP contribution in [0.25, 0.3) is 0 Å². The van der Waals surface area contributed by atoms with Gasteiger partial charge in [-0.1, -0.05) is 0 Å². The maximum absolute atomic E-state index is 12.9. The lowest BCUT2D eigenvalue weighted by molar-refractivity contribution is -0.170. The zero-order chi connectivity index (χ0) is 19.9. The number of phenols is 1. The minimum absolute atomic E-state index is 0.0364. The summed E-state index contributed by atoms with van der Waals surface area (Å²) in [7, 11) is -1.43. The Kier molecular flexibility index (Phi) is 5.72. The summed E-state index contributed by atoms with van der Waals surface area (Å²) in [4.78, 5) is 12.4. The molecule has 0 saturated carbocycles. The minimum atomic E-state index is -4.97. The molecule has 2 rings (SSSR count). The number of phenolic OH excluding ortho intramolecular Hbond substituents is 1. The van der Waals surface area contributed by atoms with Gasteiger partial charge in [-0.3, -0.25) is 4.79 Å². The van der Waals surface area contributed by atoms with Gasteiger partial charge in [-0.05, 0) is 58.2 Å². The van der Waals surface area contributed by atoms with Crippen molar-refractivity contribution in [3.63, 3.8) is 0 Å². The number of nitrogens with one attached hydrogen (secondary N) is 1. The molecule has 1 aromatic carbocycles. The molecule has 5 nitrogen and oxygen atoms in total. The largest absolute Gasteiger partial charge is 0.508 e. The number of carbonyl (C=O) groups excluding carboxylic acids is 1. The second kappa shape index (κ2) is 7.19. The van der Waals surface area contributed by atoms with Crippen molar-refractivity contribution in [2.75, 3.05) is 11.4 Å². The molecule has 0 spiro atoms. The molecule has 1 aromatic rings. The minimum Gasteiger partial charge on any atom is -0.508 e. The first-order valence-corrected chi connectivity index (χ1v) is 9.40. The molecule has 1 amide bonds. The molecule has 9 heteroatoms. The molecule has 2 atom stereocenters. The van der Waals surface area contributed by atoms with E-state index in [9.17, 15) is 27.3 Å². The van der Waals surface area contributed by atoms with Gasteiger partial charge in [-0.2, -0.15) is 13.2 Å². The number of carbonyl (C=O) groups is 1. The summed E-state index contributed by atoms with van der Waals surface area (Å²) in [5.41, 5.74) is 0.920. The number of hydrogen-bond donors (Lipinski definition) is 2. The van der Waals surface area contributed by atoms with Crippen molar-refractivity contribution < 1.29 is 27.3 Å². The lowest BCUT2D eigenvalue weighted by atomic mass is 9.96. The number of aryl methyl sites for hydroxylation is 1. The van der Waals surface area contributed by atoms with Crippen molar-refractivity contribution in [1.82, 2.24) is 4.72 Å². The molecule has 1 aliphatic rings. The molecule has 0 radical (unpaired) electrons. The number of alkyl halides is 3. The summed E-state index contributed by atoms with van der Waals surface area (Å²) in [6.07, 6.45) is -4.11. The number of anilines is 1. The van der Waals surface area contributed by atoms with Crippen LogP contribution in [0.2, 0.25) is 0 Å². The van der Waals surface area contributed by atoms with Crippen molar-refractivity contribution in [2.45, 2.75) is 57.5 Å². The Bertz CT molecular complexity index is 729. The number of hydrogen-bond acceptors (Lipinski definition) is 3. The lowest BCUT2D eigenvalue weighted by Crippen LogP contribution is -2.44. The second-order valence-electron chi connectivity index (χ2n) is 7.32.